The van der Waals surface area contributed by atoms with Crippen LogP contribution in [0.3, 0.4) is 0 Å². The number of aromatic nitrogens is 1. The van der Waals surface area contributed by atoms with Crippen molar-refractivity contribution in [1.82, 2.24) is 10.3 Å². The quantitative estimate of drug-likeness (QED) is 0.891. The van der Waals surface area contributed by atoms with Crippen molar-refractivity contribution in [2.24, 2.45) is 11.8 Å². The Hall–Kier alpha value is -1.84. The minimum Gasteiger partial charge on any atom is -0.358 e. The lowest BCUT2D eigenvalue weighted by atomic mass is 9.85. The van der Waals surface area contributed by atoms with Gasteiger partial charge in [0.1, 0.15) is 5.82 Å². The maximum atomic E-state index is 13.5. The topological polar surface area (TPSA) is 44.9 Å². The molecule has 1 aromatic heterocycles. The fraction of sp³-hybridized carbons (Fsp3) is 0.500. The molecule has 1 aliphatic rings. The highest BCUT2D eigenvalue weighted by atomic mass is 19.1. The normalized spacial score (nSPS) is 17.7. The maximum Gasteiger partial charge on any atom is 0.223 e. The van der Waals surface area contributed by atoms with Gasteiger partial charge in [0.25, 0.3) is 0 Å². The van der Waals surface area contributed by atoms with E-state index in [9.17, 15) is 9.18 Å². The van der Waals surface area contributed by atoms with Gasteiger partial charge in [-0.25, -0.2) is 4.39 Å². The van der Waals surface area contributed by atoms with E-state index in [1.165, 1.54) is 6.07 Å². The summed E-state index contributed by atoms with van der Waals surface area (Å²) in [5.74, 6) is 0.506. The first-order chi connectivity index (χ1) is 10.5. The number of hydrogen-bond donors (Lipinski definition) is 2. The van der Waals surface area contributed by atoms with Crippen molar-refractivity contribution in [2.75, 3.05) is 6.54 Å². The second-order valence-electron chi connectivity index (χ2n) is 6.69. The molecule has 2 N–H and O–H groups in total. The van der Waals surface area contributed by atoms with E-state index in [0.717, 1.165) is 48.0 Å². The van der Waals surface area contributed by atoms with Crippen LogP contribution in [0.15, 0.2) is 18.2 Å². The van der Waals surface area contributed by atoms with Gasteiger partial charge in [-0.1, -0.05) is 13.8 Å². The standard InChI is InChI=1S/C18H23FN2O/c1-11(2)7-8-20-18(22)12-3-5-16-14(9-12)15-10-13(19)4-6-17(15)21-16/h4,6,10-12,21H,3,5,7-9H2,1-2H3,(H,20,22). The van der Waals surface area contributed by atoms with Crippen LogP contribution in [0.4, 0.5) is 4.39 Å². The highest BCUT2D eigenvalue weighted by Crippen LogP contribution is 2.32. The fourth-order valence-electron chi connectivity index (χ4n) is 3.24. The smallest absolute Gasteiger partial charge is 0.223 e. The second-order valence-corrected chi connectivity index (χ2v) is 6.69. The van der Waals surface area contributed by atoms with E-state index in [1.54, 1.807) is 12.1 Å². The number of rotatable bonds is 4. The molecular weight excluding hydrogens is 279 g/mol. The first-order valence-corrected chi connectivity index (χ1v) is 8.11. The zero-order valence-corrected chi connectivity index (χ0v) is 13.2. The van der Waals surface area contributed by atoms with Crippen molar-refractivity contribution in [3.05, 3.63) is 35.3 Å². The van der Waals surface area contributed by atoms with Gasteiger partial charge in [0.2, 0.25) is 5.91 Å². The van der Waals surface area contributed by atoms with Gasteiger partial charge in [0, 0.05) is 29.1 Å². The molecule has 0 fully saturated rings. The molecule has 22 heavy (non-hydrogen) atoms. The van der Waals surface area contributed by atoms with E-state index in [-0.39, 0.29) is 17.6 Å². The van der Waals surface area contributed by atoms with Crippen molar-refractivity contribution in [2.45, 2.75) is 39.5 Å². The third-order valence-corrected chi connectivity index (χ3v) is 4.54. The average Bonchev–Trinajstić information content (AvgIpc) is 2.84. The lowest BCUT2D eigenvalue weighted by Crippen LogP contribution is -2.34. The molecule has 0 aliphatic heterocycles. The largest absolute Gasteiger partial charge is 0.358 e. The van der Waals surface area contributed by atoms with Crippen molar-refractivity contribution >= 4 is 16.8 Å². The van der Waals surface area contributed by atoms with E-state index in [1.807, 2.05) is 0 Å². The third kappa shape index (κ3) is 3.01. The number of aryl methyl sites for hydroxylation is 1. The van der Waals surface area contributed by atoms with Crippen LogP contribution >= 0.6 is 0 Å². The van der Waals surface area contributed by atoms with E-state index < -0.39 is 0 Å². The molecule has 2 aromatic rings. The van der Waals surface area contributed by atoms with Gasteiger partial charge in [-0.15, -0.1) is 0 Å². The van der Waals surface area contributed by atoms with Crippen molar-refractivity contribution in [1.29, 1.82) is 0 Å². The Morgan fingerprint density at radius 3 is 3.05 bits per heavy atom. The van der Waals surface area contributed by atoms with Crippen LogP contribution in [0.5, 0.6) is 0 Å². The van der Waals surface area contributed by atoms with Gasteiger partial charge >= 0.3 is 0 Å². The molecular formula is C18H23FN2O. The van der Waals surface area contributed by atoms with Crippen LogP contribution in [-0.4, -0.2) is 17.4 Å². The Kier molecular flexibility index (Phi) is 4.19. The van der Waals surface area contributed by atoms with E-state index in [0.29, 0.717) is 12.3 Å². The van der Waals surface area contributed by atoms with Gasteiger partial charge < -0.3 is 10.3 Å². The summed E-state index contributed by atoms with van der Waals surface area (Å²) in [6.07, 6.45) is 3.41. The lowest BCUT2D eigenvalue weighted by molar-refractivity contribution is -0.125. The Labute approximate surface area is 130 Å². The maximum absolute atomic E-state index is 13.5. The predicted molar refractivity (Wildman–Crippen MR) is 86.2 cm³/mol. The Morgan fingerprint density at radius 2 is 2.27 bits per heavy atom. The minimum absolute atomic E-state index is 0.00179. The molecule has 1 aromatic carbocycles. The van der Waals surface area contributed by atoms with Crippen LogP contribution in [0.25, 0.3) is 10.9 Å². The van der Waals surface area contributed by atoms with Gasteiger partial charge in [-0.3, -0.25) is 4.79 Å². The number of aromatic amines is 1. The molecule has 0 bridgehead atoms. The molecule has 0 saturated carbocycles. The van der Waals surface area contributed by atoms with Crippen molar-refractivity contribution < 1.29 is 9.18 Å². The van der Waals surface area contributed by atoms with E-state index >= 15 is 0 Å². The highest BCUT2D eigenvalue weighted by molar-refractivity contribution is 5.87. The van der Waals surface area contributed by atoms with E-state index in [2.05, 4.69) is 24.1 Å². The van der Waals surface area contributed by atoms with Gasteiger partial charge in [0.05, 0.1) is 0 Å². The van der Waals surface area contributed by atoms with Crippen molar-refractivity contribution in [3.63, 3.8) is 0 Å². The lowest BCUT2D eigenvalue weighted by Gasteiger charge is -2.22. The first-order valence-electron chi connectivity index (χ1n) is 8.11. The van der Waals surface area contributed by atoms with E-state index in [4.69, 9.17) is 0 Å². The van der Waals surface area contributed by atoms with Crippen LogP contribution in [0.2, 0.25) is 0 Å². The van der Waals surface area contributed by atoms with Crippen LogP contribution < -0.4 is 5.32 Å². The molecule has 0 saturated heterocycles. The zero-order valence-electron chi connectivity index (χ0n) is 13.2. The van der Waals surface area contributed by atoms with Crippen molar-refractivity contribution in [3.8, 4) is 0 Å². The summed E-state index contributed by atoms with van der Waals surface area (Å²) in [7, 11) is 0. The van der Waals surface area contributed by atoms with Gasteiger partial charge in [-0.05, 0) is 55.4 Å². The summed E-state index contributed by atoms with van der Waals surface area (Å²) in [6, 6.07) is 4.82. The molecule has 1 atom stereocenters. The molecule has 3 nitrogen and oxygen atoms in total. The summed E-state index contributed by atoms with van der Waals surface area (Å²) in [5.41, 5.74) is 3.24. The summed E-state index contributed by atoms with van der Waals surface area (Å²) >= 11 is 0. The second kappa shape index (κ2) is 6.11. The molecule has 118 valence electrons. The third-order valence-electron chi connectivity index (χ3n) is 4.54. The SMILES string of the molecule is CC(C)CCNC(=O)C1CCc2[nH]c3ccc(F)cc3c2C1. The Balaban J connectivity index is 1.74. The number of carbonyl (C=O) groups is 1. The summed E-state index contributed by atoms with van der Waals surface area (Å²) < 4.78 is 13.5. The van der Waals surface area contributed by atoms with Gasteiger partial charge in [0.15, 0.2) is 0 Å². The number of carbonyl (C=O) groups excluding carboxylic acids is 1. The van der Waals surface area contributed by atoms with Crippen LogP contribution in [0, 0.1) is 17.7 Å². The molecule has 0 spiro atoms. The Morgan fingerprint density at radius 1 is 1.45 bits per heavy atom. The minimum atomic E-state index is -0.224. The first kappa shape index (κ1) is 15.1. The zero-order chi connectivity index (χ0) is 15.7. The molecule has 1 unspecified atom stereocenters. The number of hydrogen-bond acceptors (Lipinski definition) is 1. The van der Waals surface area contributed by atoms with Crippen LogP contribution in [0.1, 0.15) is 37.9 Å². The number of halogens is 1. The number of H-pyrrole nitrogens is 1. The molecule has 4 heteroatoms. The molecule has 1 amide bonds. The summed E-state index contributed by atoms with van der Waals surface area (Å²) in [6.45, 7) is 5.04. The molecule has 1 heterocycles. The summed E-state index contributed by atoms with van der Waals surface area (Å²) in [4.78, 5) is 15.7. The number of nitrogens with one attached hydrogen (secondary N) is 2. The molecule has 0 radical (unpaired) electrons. The fourth-order valence-corrected chi connectivity index (χ4v) is 3.24. The number of amides is 1. The number of benzene rings is 1. The monoisotopic (exact) mass is 302 g/mol. The Bertz CT molecular complexity index is 690. The van der Waals surface area contributed by atoms with Crippen LogP contribution in [-0.2, 0) is 17.6 Å². The molecule has 3 rings (SSSR count). The predicted octanol–water partition coefficient (Wildman–Crippen LogP) is 3.57. The average molecular weight is 302 g/mol. The molecule has 1 aliphatic carbocycles. The number of fused-ring (bicyclic) bond motifs is 3. The summed E-state index contributed by atoms with van der Waals surface area (Å²) in [5, 5.41) is 3.97. The highest BCUT2D eigenvalue weighted by Gasteiger charge is 2.27. The van der Waals surface area contributed by atoms with Gasteiger partial charge in [-0.2, -0.15) is 0 Å².